The molecule has 0 saturated carbocycles. The summed E-state index contributed by atoms with van der Waals surface area (Å²) < 4.78 is 29.5. The minimum absolute atomic E-state index is 0.0626. The number of ether oxygens (including phenoxy) is 1. The highest BCUT2D eigenvalue weighted by molar-refractivity contribution is 5.93. The van der Waals surface area contributed by atoms with Crippen LogP contribution in [-0.4, -0.2) is 47.7 Å². The highest BCUT2D eigenvalue weighted by atomic mass is 19.3. The van der Waals surface area contributed by atoms with Crippen molar-refractivity contribution in [2.24, 2.45) is 0 Å². The van der Waals surface area contributed by atoms with E-state index in [4.69, 9.17) is 0 Å². The molecule has 1 unspecified atom stereocenters. The number of carbonyl (C=O) groups is 1. The second kappa shape index (κ2) is 9.54. The molecule has 0 fully saturated rings. The average Bonchev–Trinajstić information content (AvgIpc) is 2.78. The first-order valence-corrected chi connectivity index (χ1v) is 10.6. The number of aromatic nitrogens is 1. The molecule has 172 valence electrons. The number of nitrogens with one attached hydrogen (secondary N) is 1. The standard InChI is InChI=1S/C25H25F2N3O3/c1-15-11-18(33-25(26)27)4-6-19(15)16-3-5-20-17(12-16)8-10-30(2)23(20)14-29-22-13-28-9-7-21(22)24(31)32/h3-7,9,11-13,23,25,29H,8,10,14H2,1-2H3,(H,31,32). The predicted molar refractivity (Wildman–Crippen MR) is 122 cm³/mol. The lowest BCUT2D eigenvalue weighted by Crippen LogP contribution is -2.36. The molecule has 2 aromatic carbocycles. The molecule has 0 saturated heterocycles. The summed E-state index contributed by atoms with van der Waals surface area (Å²) in [6, 6.07) is 12.8. The highest BCUT2D eigenvalue weighted by Gasteiger charge is 2.25. The molecule has 1 atom stereocenters. The first-order valence-electron chi connectivity index (χ1n) is 10.6. The van der Waals surface area contributed by atoms with E-state index in [0.29, 0.717) is 12.2 Å². The molecular formula is C25H25F2N3O3. The first-order chi connectivity index (χ1) is 15.8. The van der Waals surface area contributed by atoms with Gasteiger partial charge >= 0.3 is 12.6 Å². The maximum absolute atomic E-state index is 12.5. The van der Waals surface area contributed by atoms with Gasteiger partial charge in [-0.25, -0.2) is 4.79 Å². The van der Waals surface area contributed by atoms with Crippen molar-refractivity contribution >= 4 is 11.7 Å². The van der Waals surface area contributed by atoms with Gasteiger partial charge < -0.3 is 15.2 Å². The SMILES string of the molecule is Cc1cc(OC(F)F)ccc1-c1ccc2c(c1)CCN(C)C2CNc1cnccc1C(=O)O. The monoisotopic (exact) mass is 453 g/mol. The van der Waals surface area contributed by atoms with Crippen LogP contribution in [0.4, 0.5) is 14.5 Å². The minimum Gasteiger partial charge on any atom is -0.478 e. The van der Waals surface area contributed by atoms with Crippen LogP contribution in [0.25, 0.3) is 11.1 Å². The lowest BCUT2D eigenvalue weighted by Gasteiger charge is -2.35. The number of aromatic carboxylic acids is 1. The van der Waals surface area contributed by atoms with E-state index in [0.717, 1.165) is 29.7 Å². The number of likely N-dealkylation sites (N-methyl/N-ethyl adjacent to an activating group) is 1. The second-order valence-corrected chi connectivity index (χ2v) is 8.12. The summed E-state index contributed by atoms with van der Waals surface area (Å²) in [6.07, 6.45) is 3.88. The molecule has 0 aliphatic carbocycles. The average molecular weight is 453 g/mol. The summed E-state index contributed by atoms with van der Waals surface area (Å²) in [5, 5.41) is 12.7. The lowest BCUT2D eigenvalue weighted by molar-refractivity contribution is -0.0498. The number of anilines is 1. The largest absolute Gasteiger partial charge is 0.478 e. The molecule has 8 heteroatoms. The van der Waals surface area contributed by atoms with Gasteiger partial charge in [-0.15, -0.1) is 0 Å². The van der Waals surface area contributed by atoms with Crippen LogP contribution < -0.4 is 10.1 Å². The molecule has 2 heterocycles. The summed E-state index contributed by atoms with van der Waals surface area (Å²) in [5.41, 5.74) is 5.92. The number of nitrogens with zero attached hydrogens (tertiary/aromatic N) is 2. The van der Waals surface area contributed by atoms with Gasteiger partial charge in [-0.3, -0.25) is 9.88 Å². The van der Waals surface area contributed by atoms with Gasteiger partial charge in [0.2, 0.25) is 0 Å². The van der Waals surface area contributed by atoms with Crippen LogP contribution in [0.2, 0.25) is 0 Å². The normalized spacial score (nSPS) is 15.8. The Labute approximate surface area is 190 Å². The van der Waals surface area contributed by atoms with E-state index >= 15 is 0 Å². The first kappa shape index (κ1) is 22.7. The molecule has 0 amide bonds. The van der Waals surface area contributed by atoms with Gasteiger partial charge in [0.15, 0.2) is 0 Å². The smallest absolute Gasteiger partial charge is 0.387 e. The number of pyridine rings is 1. The number of aryl methyl sites for hydroxylation is 1. The van der Waals surface area contributed by atoms with Crippen molar-refractivity contribution in [1.29, 1.82) is 0 Å². The molecule has 33 heavy (non-hydrogen) atoms. The van der Waals surface area contributed by atoms with E-state index in [1.165, 1.54) is 29.6 Å². The van der Waals surface area contributed by atoms with E-state index in [-0.39, 0.29) is 17.4 Å². The van der Waals surface area contributed by atoms with Gasteiger partial charge in [-0.2, -0.15) is 8.78 Å². The van der Waals surface area contributed by atoms with Gasteiger partial charge in [-0.1, -0.05) is 24.3 Å². The number of halogens is 2. The molecule has 0 bridgehead atoms. The Balaban J connectivity index is 1.58. The number of hydrogen-bond acceptors (Lipinski definition) is 5. The van der Waals surface area contributed by atoms with E-state index in [2.05, 4.69) is 39.1 Å². The van der Waals surface area contributed by atoms with Crippen LogP contribution in [0.1, 0.15) is 33.1 Å². The number of carboxylic acid groups (broad SMARTS) is 1. The summed E-state index contributed by atoms with van der Waals surface area (Å²) in [6.45, 7) is 0.427. The Kier molecular flexibility index (Phi) is 6.55. The number of carboxylic acids is 1. The maximum atomic E-state index is 12.5. The fraction of sp³-hybridized carbons (Fsp3) is 0.280. The number of fused-ring (bicyclic) bond motifs is 1. The summed E-state index contributed by atoms with van der Waals surface area (Å²) in [4.78, 5) is 17.8. The third kappa shape index (κ3) is 4.96. The topological polar surface area (TPSA) is 74.7 Å². The van der Waals surface area contributed by atoms with Gasteiger partial charge in [0.25, 0.3) is 0 Å². The number of alkyl halides is 2. The molecule has 1 aromatic heterocycles. The fourth-order valence-corrected chi connectivity index (χ4v) is 4.34. The molecule has 4 rings (SSSR count). The Morgan fingerprint density at radius 2 is 2.09 bits per heavy atom. The zero-order chi connectivity index (χ0) is 23.5. The number of rotatable bonds is 7. The Bertz CT molecular complexity index is 1170. The second-order valence-electron chi connectivity index (χ2n) is 8.12. The van der Waals surface area contributed by atoms with Crippen LogP contribution in [0.5, 0.6) is 5.75 Å². The zero-order valence-electron chi connectivity index (χ0n) is 18.4. The van der Waals surface area contributed by atoms with E-state index in [1.54, 1.807) is 18.2 Å². The third-order valence-corrected chi connectivity index (χ3v) is 6.04. The molecular weight excluding hydrogens is 428 g/mol. The van der Waals surface area contributed by atoms with Gasteiger partial charge in [0.05, 0.1) is 23.5 Å². The Hall–Kier alpha value is -3.52. The van der Waals surface area contributed by atoms with Gasteiger partial charge in [0.1, 0.15) is 5.75 Å². The lowest BCUT2D eigenvalue weighted by atomic mass is 9.89. The van der Waals surface area contributed by atoms with Gasteiger partial charge in [0, 0.05) is 19.3 Å². The van der Waals surface area contributed by atoms with E-state index < -0.39 is 12.6 Å². The van der Waals surface area contributed by atoms with Crippen LogP contribution >= 0.6 is 0 Å². The van der Waals surface area contributed by atoms with Crippen molar-refractivity contribution in [3.8, 4) is 16.9 Å². The molecule has 3 aromatic rings. The molecule has 2 N–H and O–H groups in total. The van der Waals surface area contributed by atoms with Crippen molar-refractivity contribution in [3.63, 3.8) is 0 Å². The van der Waals surface area contributed by atoms with Crippen LogP contribution in [-0.2, 0) is 6.42 Å². The molecule has 0 spiro atoms. The third-order valence-electron chi connectivity index (χ3n) is 6.04. The Morgan fingerprint density at radius 1 is 1.27 bits per heavy atom. The Morgan fingerprint density at radius 3 is 2.82 bits per heavy atom. The fourth-order valence-electron chi connectivity index (χ4n) is 4.34. The quantitative estimate of drug-likeness (QED) is 0.525. The summed E-state index contributed by atoms with van der Waals surface area (Å²) in [5.74, 6) is -0.851. The molecule has 1 aliphatic rings. The predicted octanol–water partition coefficient (Wildman–Crippen LogP) is 5.00. The summed E-state index contributed by atoms with van der Waals surface area (Å²) >= 11 is 0. The molecule has 6 nitrogen and oxygen atoms in total. The van der Waals surface area contributed by atoms with Crippen molar-refractivity contribution in [2.45, 2.75) is 26.0 Å². The minimum atomic E-state index is -2.85. The zero-order valence-corrected chi connectivity index (χ0v) is 18.4. The van der Waals surface area contributed by atoms with Crippen LogP contribution in [0.15, 0.2) is 54.9 Å². The number of benzene rings is 2. The van der Waals surface area contributed by atoms with E-state index in [1.807, 2.05) is 13.0 Å². The highest BCUT2D eigenvalue weighted by Crippen LogP contribution is 2.34. The van der Waals surface area contributed by atoms with Crippen LogP contribution in [0.3, 0.4) is 0 Å². The number of hydrogen-bond donors (Lipinski definition) is 2. The van der Waals surface area contributed by atoms with Gasteiger partial charge in [-0.05, 0) is 66.4 Å². The van der Waals surface area contributed by atoms with E-state index in [9.17, 15) is 18.7 Å². The molecule has 0 radical (unpaired) electrons. The van der Waals surface area contributed by atoms with Crippen molar-refractivity contribution in [3.05, 3.63) is 77.1 Å². The van der Waals surface area contributed by atoms with Crippen molar-refractivity contribution in [2.75, 3.05) is 25.5 Å². The van der Waals surface area contributed by atoms with Crippen molar-refractivity contribution < 1.29 is 23.4 Å². The molecule has 1 aliphatic heterocycles. The maximum Gasteiger partial charge on any atom is 0.387 e. The van der Waals surface area contributed by atoms with Crippen LogP contribution in [0, 0.1) is 6.92 Å². The summed E-state index contributed by atoms with van der Waals surface area (Å²) in [7, 11) is 2.05. The van der Waals surface area contributed by atoms with Crippen molar-refractivity contribution in [1.82, 2.24) is 9.88 Å².